The zero-order valence-corrected chi connectivity index (χ0v) is 9.36. The van der Waals surface area contributed by atoms with Crippen LogP contribution in [0.4, 0.5) is 0 Å². The van der Waals surface area contributed by atoms with Crippen LogP contribution in [-0.4, -0.2) is 26.0 Å². The van der Waals surface area contributed by atoms with Crippen molar-refractivity contribution in [3.8, 4) is 5.75 Å². The van der Waals surface area contributed by atoms with E-state index in [0.717, 1.165) is 6.29 Å². The monoisotopic (exact) mass is 222 g/mol. The molecule has 0 fully saturated rings. The summed E-state index contributed by atoms with van der Waals surface area (Å²) in [6.07, 6.45) is 0.840. The Morgan fingerprint density at radius 2 is 2.19 bits per heavy atom. The van der Waals surface area contributed by atoms with Crippen LogP contribution in [0.15, 0.2) is 18.2 Å². The lowest BCUT2D eigenvalue weighted by Gasteiger charge is -2.08. The summed E-state index contributed by atoms with van der Waals surface area (Å²) in [5, 5.41) is 0. The van der Waals surface area contributed by atoms with Gasteiger partial charge in [-0.15, -0.1) is 0 Å². The largest absolute Gasteiger partial charge is 0.496 e. The molecule has 0 aliphatic carbocycles. The van der Waals surface area contributed by atoms with Crippen LogP contribution in [-0.2, 0) is 16.0 Å². The van der Waals surface area contributed by atoms with Gasteiger partial charge in [-0.05, 0) is 25.1 Å². The molecule has 0 aromatic heterocycles. The first-order chi connectivity index (χ1) is 7.71. The van der Waals surface area contributed by atoms with Crippen LogP contribution in [0.3, 0.4) is 0 Å². The molecule has 0 aliphatic heterocycles. The van der Waals surface area contributed by atoms with E-state index in [1.807, 2.05) is 0 Å². The van der Waals surface area contributed by atoms with E-state index in [2.05, 4.69) is 0 Å². The van der Waals surface area contributed by atoms with Crippen molar-refractivity contribution in [2.24, 2.45) is 0 Å². The van der Waals surface area contributed by atoms with Gasteiger partial charge in [0.15, 0.2) is 0 Å². The highest BCUT2D eigenvalue weighted by molar-refractivity contribution is 5.78. The Labute approximate surface area is 94.2 Å². The van der Waals surface area contributed by atoms with E-state index >= 15 is 0 Å². The van der Waals surface area contributed by atoms with Crippen LogP contribution in [0.5, 0.6) is 5.75 Å². The first kappa shape index (κ1) is 12.2. The first-order valence-corrected chi connectivity index (χ1v) is 4.99. The zero-order chi connectivity index (χ0) is 12.0. The third kappa shape index (κ3) is 3.08. The van der Waals surface area contributed by atoms with Crippen LogP contribution in [0, 0.1) is 0 Å². The highest BCUT2D eigenvalue weighted by Crippen LogP contribution is 2.20. The number of carbonyl (C=O) groups excluding carboxylic acids is 2. The second-order valence-electron chi connectivity index (χ2n) is 3.17. The molecule has 0 saturated carbocycles. The van der Waals surface area contributed by atoms with Gasteiger partial charge < -0.3 is 9.47 Å². The summed E-state index contributed by atoms with van der Waals surface area (Å²) in [5.74, 6) is 0.252. The van der Waals surface area contributed by atoms with E-state index in [0.29, 0.717) is 23.5 Å². The average molecular weight is 222 g/mol. The molecule has 16 heavy (non-hydrogen) atoms. The van der Waals surface area contributed by atoms with Gasteiger partial charge in [-0.1, -0.05) is 0 Å². The van der Waals surface area contributed by atoms with Gasteiger partial charge in [0.05, 0.1) is 20.1 Å². The summed E-state index contributed by atoms with van der Waals surface area (Å²) in [4.78, 5) is 21.9. The molecular weight excluding hydrogens is 208 g/mol. The van der Waals surface area contributed by atoms with E-state index in [-0.39, 0.29) is 12.4 Å². The number of methoxy groups -OCH3 is 1. The lowest BCUT2D eigenvalue weighted by molar-refractivity contribution is -0.142. The van der Waals surface area contributed by atoms with Crippen molar-refractivity contribution in [2.75, 3.05) is 13.7 Å². The standard InChI is InChI=1S/C12H14O4/c1-3-16-12(14)7-10-6-9(8-13)4-5-11(10)15-2/h4-6,8H,3,7H2,1-2H3. The van der Waals surface area contributed by atoms with Gasteiger partial charge in [0.2, 0.25) is 0 Å². The van der Waals surface area contributed by atoms with Crippen molar-refractivity contribution in [1.82, 2.24) is 0 Å². The fourth-order valence-corrected chi connectivity index (χ4v) is 1.38. The molecule has 0 atom stereocenters. The molecule has 0 saturated heterocycles. The normalized spacial score (nSPS) is 9.62. The molecule has 0 radical (unpaired) electrons. The highest BCUT2D eigenvalue weighted by atomic mass is 16.5. The van der Waals surface area contributed by atoms with Crippen molar-refractivity contribution in [2.45, 2.75) is 13.3 Å². The minimum absolute atomic E-state index is 0.110. The van der Waals surface area contributed by atoms with Crippen molar-refractivity contribution < 1.29 is 19.1 Å². The molecule has 0 unspecified atom stereocenters. The summed E-state index contributed by atoms with van der Waals surface area (Å²) in [5.41, 5.74) is 1.17. The number of hydrogen-bond acceptors (Lipinski definition) is 4. The lowest BCUT2D eigenvalue weighted by atomic mass is 10.1. The summed E-state index contributed by atoms with van der Waals surface area (Å²) < 4.78 is 9.94. The van der Waals surface area contributed by atoms with E-state index in [9.17, 15) is 9.59 Å². The van der Waals surface area contributed by atoms with Gasteiger partial charge in [-0.2, -0.15) is 0 Å². The van der Waals surface area contributed by atoms with Crippen molar-refractivity contribution >= 4 is 12.3 Å². The molecule has 1 aromatic rings. The summed E-state index contributed by atoms with van der Waals surface area (Å²) in [7, 11) is 1.52. The molecule has 0 heterocycles. The van der Waals surface area contributed by atoms with Crippen molar-refractivity contribution in [3.05, 3.63) is 29.3 Å². The molecule has 1 aromatic carbocycles. The van der Waals surface area contributed by atoms with E-state index in [1.165, 1.54) is 7.11 Å². The third-order valence-corrected chi connectivity index (χ3v) is 2.08. The third-order valence-electron chi connectivity index (χ3n) is 2.08. The number of aldehydes is 1. The van der Waals surface area contributed by atoms with Gasteiger partial charge in [0, 0.05) is 11.1 Å². The number of carbonyl (C=O) groups is 2. The minimum Gasteiger partial charge on any atom is -0.496 e. The molecule has 0 aliphatic rings. The molecule has 4 heteroatoms. The SMILES string of the molecule is CCOC(=O)Cc1cc(C=O)ccc1OC. The molecular formula is C12H14O4. The summed E-state index contributed by atoms with van der Waals surface area (Å²) in [6.45, 7) is 2.09. The maximum atomic E-state index is 11.3. The Kier molecular flexibility index (Phi) is 4.51. The second-order valence-corrected chi connectivity index (χ2v) is 3.17. The Bertz CT molecular complexity index is 385. The molecule has 4 nitrogen and oxygen atoms in total. The van der Waals surface area contributed by atoms with Crippen LogP contribution in [0.2, 0.25) is 0 Å². The van der Waals surface area contributed by atoms with Crippen LogP contribution in [0.1, 0.15) is 22.8 Å². The van der Waals surface area contributed by atoms with Crippen LogP contribution < -0.4 is 4.74 Å². The van der Waals surface area contributed by atoms with Crippen molar-refractivity contribution in [1.29, 1.82) is 0 Å². The Balaban J connectivity index is 2.90. The summed E-state index contributed by atoms with van der Waals surface area (Å²) >= 11 is 0. The predicted molar refractivity (Wildman–Crippen MR) is 58.7 cm³/mol. The second kappa shape index (κ2) is 5.90. The van der Waals surface area contributed by atoms with Gasteiger partial charge in [0.1, 0.15) is 12.0 Å². The maximum Gasteiger partial charge on any atom is 0.310 e. The van der Waals surface area contributed by atoms with Crippen molar-refractivity contribution in [3.63, 3.8) is 0 Å². The molecule has 0 N–H and O–H groups in total. The van der Waals surface area contributed by atoms with E-state index < -0.39 is 0 Å². The Morgan fingerprint density at radius 1 is 1.44 bits per heavy atom. The fourth-order valence-electron chi connectivity index (χ4n) is 1.38. The molecule has 1 rings (SSSR count). The predicted octanol–water partition coefficient (Wildman–Crippen LogP) is 1.61. The topological polar surface area (TPSA) is 52.6 Å². The molecule has 86 valence electrons. The Morgan fingerprint density at radius 3 is 2.75 bits per heavy atom. The van der Waals surface area contributed by atoms with Gasteiger partial charge in [0.25, 0.3) is 0 Å². The zero-order valence-electron chi connectivity index (χ0n) is 9.36. The van der Waals surface area contributed by atoms with E-state index in [4.69, 9.17) is 9.47 Å². The van der Waals surface area contributed by atoms with Gasteiger partial charge in [-0.25, -0.2) is 0 Å². The lowest BCUT2D eigenvalue weighted by Crippen LogP contribution is -2.08. The fraction of sp³-hybridized carbons (Fsp3) is 0.333. The number of ether oxygens (including phenoxy) is 2. The number of hydrogen-bond donors (Lipinski definition) is 0. The number of esters is 1. The molecule has 0 amide bonds. The van der Waals surface area contributed by atoms with Gasteiger partial charge >= 0.3 is 5.97 Å². The average Bonchev–Trinajstić information content (AvgIpc) is 2.29. The number of benzene rings is 1. The maximum absolute atomic E-state index is 11.3. The first-order valence-electron chi connectivity index (χ1n) is 4.99. The Hall–Kier alpha value is -1.84. The molecule has 0 spiro atoms. The smallest absolute Gasteiger partial charge is 0.310 e. The van der Waals surface area contributed by atoms with Crippen LogP contribution in [0.25, 0.3) is 0 Å². The summed E-state index contributed by atoms with van der Waals surface area (Å²) in [6, 6.07) is 4.93. The number of rotatable bonds is 5. The van der Waals surface area contributed by atoms with Crippen LogP contribution >= 0.6 is 0 Å². The van der Waals surface area contributed by atoms with E-state index in [1.54, 1.807) is 25.1 Å². The molecule has 0 bridgehead atoms. The minimum atomic E-state index is -0.330. The highest BCUT2D eigenvalue weighted by Gasteiger charge is 2.10. The van der Waals surface area contributed by atoms with Gasteiger partial charge in [-0.3, -0.25) is 9.59 Å². The quantitative estimate of drug-likeness (QED) is 0.561.